The topological polar surface area (TPSA) is 21.3 Å². The van der Waals surface area contributed by atoms with E-state index in [1.54, 1.807) is 0 Å². The second-order valence-electron chi connectivity index (χ2n) is 5.26. The zero-order chi connectivity index (χ0) is 11.9. The Morgan fingerprint density at radius 1 is 1.24 bits per heavy atom. The third-order valence-corrected chi connectivity index (χ3v) is 3.60. The highest BCUT2D eigenvalue weighted by Crippen LogP contribution is 2.27. The maximum Gasteiger partial charge on any atom is 0.0933 e. The summed E-state index contributed by atoms with van der Waals surface area (Å²) in [4.78, 5) is 5.51. The molecule has 0 aromatic heterocycles. The molecule has 17 heavy (non-hydrogen) atoms. The minimum Gasteiger partial charge on any atom is -0.297 e. The summed E-state index contributed by atoms with van der Waals surface area (Å²) < 4.78 is 0. The highest BCUT2D eigenvalue weighted by Gasteiger charge is 2.18. The first-order valence-corrected chi connectivity index (χ1v) is 6.73. The van der Waals surface area contributed by atoms with Crippen molar-refractivity contribution in [2.24, 2.45) is 11.8 Å². The molecule has 0 saturated heterocycles. The van der Waals surface area contributed by atoms with Gasteiger partial charge in [0.25, 0.3) is 0 Å². The van der Waals surface area contributed by atoms with E-state index < -0.39 is 0 Å². The Balaban J connectivity index is 1.60. The smallest absolute Gasteiger partial charge is 0.0933 e. The number of hydroxylamine groups is 1. The van der Waals surface area contributed by atoms with E-state index in [2.05, 4.69) is 24.5 Å². The van der Waals surface area contributed by atoms with Crippen LogP contribution in [0.1, 0.15) is 38.2 Å². The first-order valence-electron chi connectivity index (χ1n) is 6.73. The highest BCUT2D eigenvalue weighted by atomic mass is 16.6. The molecular formula is C15H23NO. The van der Waals surface area contributed by atoms with Gasteiger partial charge in [0.05, 0.1) is 6.61 Å². The molecule has 0 bridgehead atoms. The van der Waals surface area contributed by atoms with Crippen LogP contribution in [0, 0.1) is 11.8 Å². The standard InChI is InChI=1S/C15H23NO/c1-13-6-5-9-15(10-13)11-16-17-12-14-7-3-2-4-8-14/h2-4,7-8,13,15-16H,5-6,9-12H2,1H3. The molecule has 1 aromatic carbocycles. The van der Waals surface area contributed by atoms with Gasteiger partial charge in [0, 0.05) is 6.54 Å². The zero-order valence-electron chi connectivity index (χ0n) is 10.7. The lowest BCUT2D eigenvalue weighted by atomic mass is 9.82. The van der Waals surface area contributed by atoms with Crippen LogP contribution < -0.4 is 5.48 Å². The van der Waals surface area contributed by atoms with Crippen LogP contribution in [0.3, 0.4) is 0 Å². The highest BCUT2D eigenvalue weighted by molar-refractivity contribution is 5.13. The van der Waals surface area contributed by atoms with Gasteiger partial charge in [-0.3, -0.25) is 4.84 Å². The summed E-state index contributed by atoms with van der Waals surface area (Å²) in [5.41, 5.74) is 4.34. The molecule has 0 spiro atoms. The molecule has 2 rings (SSSR count). The number of nitrogens with one attached hydrogen (secondary N) is 1. The fourth-order valence-corrected chi connectivity index (χ4v) is 2.63. The van der Waals surface area contributed by atoms with Gasteiger partial charge in [-0.25, -0.2) is 5.48 Å². The van der Waals surface area contributed by atoms with E-state index in [4.69, 9.17) is 4.84 Å². The lowest BCUT2D eigenvalue weighted by Gasteiger charge is -2.26. The van der Waals surface area contributed by atoms with Gasteiger partial charge in [-0.05, 0) is 30.2 Å². The minimum absolute atomic E-state index is 0.656. The molecule has 1 aliphatic carbocycles. The molecule has 2 heteroatoms. The summed E-state index contributed by atoms with van der Waals surface area (Å²) in [5, 5.41) is 0. The molecule has 1 aliphatic rings. The van der Waals surface area contributed by atoms with E-state index in [1.807, 2.05) is 18.2 Å². The van der Waals surface area contributed by atoms with Gasteiger partial charge in [-0.15, -0.1) is 0 Å². The number of rotatable bonds is 5. The minimum atomic E-state index is 0.656. The van der Waals surface area contributed by atoms with Crippen molar-refractivity contribution in [3.63, 3.8) is 0 Å². The van der Waals surface area contributed by atoms with Crippen LogP contribution in [0.5, 0.6) is 0 Å². The number of benzene rings is 1. The second-order valence-corrected chi connectivity index (χ2v) is 5.26. The third-order valence-electron chi connectivity index (χ3n) is 3.60. The van der Waals surface area contributed by atoms with Crippen LogP contribution in [0.2, 0.25) is 0 Å². The van der Waals surface area contributed by atoms with Crippen molar-refractivity contribution in [1.29, 1.82) is 0 Å². The average Bonchev–Trinajstić information content (AvgIpc) is 2.36. The molecule has 0 aliphatic heterocycles. The van der Waals surface area contributed by atoms with Gasteiger partial charge in [-0.1, -0.05) is 50.1 Å². The van der Waals surface area contributed by atoms with Crippen LogP contribution >= 0.6 is 0 Å². The van der Waals surface area contributed by atoms with Crippen molar-refractivity contribution in [1.82, 2.24) is 5.48 Å². The van der Waals surface area contributed by atoms with Crippen LogP contribution in [-0.2, 0) is 11.4 Å². The monoisotopic (exact) mass is 233 g/mol. The van der Waals surface area contributed by atoms with E-state index in [1.165, 1.54) is 31.2 Å². The zero-order valence-corrected chi connectivity index (χ0v) is 10.7. The molecule has 0 amide bonds. The quantitative estimate of drug-likeness (QED) is 0.620. The van der Waals surface area contributed by atoms with E-state index in [0.29, 0.717) is 6.61 Å². The Kier molecular flexibility index (Phi) is 5.02. The van der Waals surface area contributed by atoms with Crippen molar-refractivity contribution >= 4 is 0 Å². The van der Waals surface area contributed by atoms with Crippen molar-refractivity contribution in [2.75, 3.05) is 6.54 Å². The van der Waals surface area contributed by atoms with Crippen molar-refractivity contribution < 1.29 is 4.84 Å². The number of hydrogen-bond acceptors (Lipinski definition) is 2. The summed E-state index contributed by atoms with van der Waals surface area (Å²) >= 11 is 0. The van der Waals surface area contributed by atoms with Gasteiger partial charge in [0.2, 0.25) is 0 Å². The van der Waals surface area contributed by atoms with Crippen molar-refractivity contribution in [2.45, 2.75) is 39.2 Å². The van der Waals surface area contributed by atoms with Crippen LogP contribution in [-0.4, -0.2) is 6.54 Å². The number of hydrogen-bond donors (Lipinski definition) is 1. The van der Waals surface area contributed by atoms with Crippen LogP contribution in [0.15, 0.2) is 30.3 Å². The average molecular weight is 233 g/mol. The predicted octanol–water partition coefficient (Wildman–Crippen LogP) is 3.53. The Bertz CT molecular complexity index is 312. The summed E-state index contributed by atoms with van der Waals surface area (Å²) in [5.74, 6) is 1.69. The summed E-state index contributed by atoms with van der Waals surface area (Å²) in [6, 6.07) is 10.3. The molecule has 1 fully saturated rings. The molecule has 0 radical (unpaired) electrons. The SMILES string of the molecule is CC1CCCC(CNOCc2ccccc2)C1. The molecule has 2 nitrogen and oxygen atoms in total. The Hall–Kier alpha value is -0.860. The lowest BCUT2D eigenvalue weighted by molar-refractivity contribution is 0.0146. The molecular weight excluding hydrogens is 210 g/mol. The lowest BCUT2D eigenvalue weighted by Crippen LogP contribution is -2.26. The maximum absolute atomic E-state index is 5.51. The Morgan fingerprint density at radius 3 is 2.82 bits per heavy atom. The fourth-order valence-electron chi connectivity index (χ4n) is 2.63. The maximum atomic E-state index is 5.51. The van der Waals surface area contributed by atoms with Gasteiger partial charge in [0.15, 0.2) is 0 Å². The fraction of sp³-hybridized carbons (Fsp3) is 0.600. The van der Waals surface area contributed by atoms with E-state index in [0.717, 1.165) is 18.4 Å². The van der Waals surface area contributed by atoms with E-state index in [9.17, 15) is 0 Å². The molecule has 2 atom stereocenters. The van der Waals surface area contributed by atoms with E-state index in [-0.39, 0.29) is 0 Å². The summed E-state index contributed by atoms with van der Waals surface area (Å²) in [6.45, 7) is 4.01. The Labute approximate surface area is 104 Å². The Morgan fingerprint density at radius 2 is 2.06 bits per heavy atom. The van der Waals surface area contributed by atoms with Gasteiger partial charge in [0.1, 0.15) is 0 Å². The largest absolute Gasteiger partial charge is 0.297 e. The van der Waals surface area contributed by atoms with Crippen molar-refractivity contribution in [3.05, 3.63) is 35.9 Å². The molecule has 94 valence electrons. The normalized spacial score (nSPS) is 24.8. The molecule has 1 N–H and O–H groups in total. The molecule has 1 aromatic rings. The first kappa shape index (κ1) is 12.6. The van der Waals surface area contributed by atoms with Gasteiger partial charge < -0.3 is 0 Å². The van der Waals surface area contributed by atoms with Crippen molar-refractivity contribution in [3.8, 4) is 0 Å². The van der Waals surface area contributed by atoms with Gasteiger partial charge >= 0.3 is 0 Å². The van der Waals surface area contributed by atoms with E-state index >= 15 is 0 Å². The molecule has 0 heterocycles. The molecule has 2 unspecified atom stereocenters. The summed E-state index contributed by atoms with van der Waals surface area (Å²) in [7, 11) is 0. The molecule has 1 saturated carbocycles. The summed E-state index contributed by atoms with van der Waals surface area (Å²) in [6.07, 6.45) is 5.49. The second kappa shape index (κ2) is 6.77. The van der Waals surface area contributed by atoms with Crippen LogP contribution in [0.4, 0.5) is 0 Å². The first-order chi connectivity index (χ1) is 8.34. The predicted molar refractivity (Wildman–Crippen MR) is 70.4 cm³/mol. The van der Waals surface area contributed by atoms with Gasteiger partial charge in [-0.2, -0.15) is 0 Å². The third kappa shape index (κ3) is 4.49. The van der Waals surface area contributed by atoms with Crippen LogP contribution in [0.25, 0.3) is 0 Å².